The van der Waals surface area contributed by atoms with Crippen LogP contribution in [0.4, 0.5) is 0 Å². The van der Waals surface area contributed by atoms with Crippen molar-refractivity contribution in [3.63, 3.8) is 0 Å². The van der Waals surface area contributed by atoms with Crippen LogP contribution in [-0.4, -0.2) is 46.9 Å². The first-order valence-electron chi connectivity index (χ1n) is 12.1. The van der Waals surface area contributed by atoms with Gasteiger partial charge in [0, 0.05) is 16.5 Å². The second-order valence-corrected chi connectivity index (χ2v) is 16.8. The first-order chi connectivity index (χ1) is 16.5. The summed E-state index contributed by atoms with van der Waals surface area (Å²) in [5.41, 5.74) is 3.33. The monoisotopic (exact) mass is 556 g/mol. The SMILES string of the molecule is CC(C)(C)[Si]1(C(C)(C)C)OC[C@H]2O[C@@H](n3c(Br)nc4c(C=Cc5ccccc5)ncnc43)C[C@@H]2O1. The van der Waals surface area contributed by atoms with Gasteiger partial charge < -0.3 is 13.6 Å². The van der Waals surface area contributed by atoms with Crippen LogP contribution in [0.1, 0.15) is 65.4 Å². The molecular formula is C26H33BrN4O3Si. The smallest absolute Gasteiger partial charge is 0.349 e. The second kappa shape index (κ2) is 8.88. The molecule has 0 N–H and O–H groups in total. The van der Waals surface area contributed by atoms with Crippen molar-refractivity contribution in [3.05, 3.63) is 52.7 Å². The van der Waals surface area contributed by atoms with Crippen LogP contribution in [0.25, 0.3) is 23.3 Å². The average Bonchev–Trinajstić information content (AvgIpc) is 3.35. The highest BCUT2D eigenvalue weighted by Gasteiger charge is 2.63. The number of benzene rings is 1. The van der Waals surface area contributed by atoms with Gasteiger partial charge in [0.25, 0.3) is 0 Å². The molecule has 0 saturated carbocycles. The van der Waals surface area contributed by atoms with Crippen molar-refractivity contribution in [2.24, 2.45) is 0 Å². The summed E-state index contributed by atoms with van der Waals surface area (Å²) in [4.78, 5) is 13.8. The molecular weight excluding hydrogens is 524 g/mol. The van der Waals surface area contributed by atoms with Gasteiger partial charge in [-0.15, -0.1) is 0 Å². The predicted octanol–water partition coefficient (Wildman–Crippen LogP) is 6.50. The van der Waals surface area contributed by atoms with Crippen molar-refractivity contribution >= 4 is 47.8 Å². The van der Waals surface area contributed by atoms with Crippen LogP contribution in [-0.2, 0) is 13.6 Å². The Morgan fingerprint density at radius 2 is 1.71 bits per heavy atom. The Balaban J connectivity index is 1.45. The summed E-state index contributed by atoms with van der Waals surface area (Å²) in [5.74, 6) is 0. The highest BCUT2D eigenvalue weighted by molar-refractivity contribution is 9.10. The summed E-state index contributed by atoms with van der Waals surface area (Å²) in [6.07, 6.45) is 5.91. The fourth-order valence-electron chi connectivity index (χ4n) is 5.51. The summed E-state index contributed by atoms with van der Waals surface area (Å²) in [7, 11) is -2.56. The zero-order chi connectivity index (χ0) is 25.0. The molecule has 35 heavy (non-hydrogen) atoms. The summed E-state index contributed by atoms with van der Waals surface area (Å²) in [5, 5.41) is -0.131. The van der Waals surface area contributed by atoms with Gasteiger partial charge in [0.2, 0.25) is 0 Å². The van der Waals surface area contributed by atoms with E-state index in [-0.39, 0.29) is 28.5 Å². The van der Waals surface area contributed by atoms with E-state index in [4.69, 9.17) is 18.6 Å². The van der Waals surface area contributed by atoms with Crippen LogP contribution in [0.5, 0.6) is 0 Å². The third kappa shape index (κ3) is 4.31. The fourth-order valence-corrected chi connectivity index (χ4v) is 11.0. The summed E-state index contributed by atoms with van der Waals surface area (Å²) in [6, 6.07) is 10.1. The highest BCUT2D eigenvalue weighted by Crippen LogP contribution is 2.56. The normalized spacial score (nSPS) is 24.8. The predicted molar refractivity (Wildman–Crippen MR) is 143 cm³/mol. The van der Waals surface area contributed by atoms with Gasteiger partial charge in [0.05, 0.1) is 18.4 Å². The molecule has 2 fully saturated rings. The molecule has 2 saturated heterocycles. The number of aromatic nitrogens is 4. The Kier molecular flexibility index (Phi) is 6.28. The van der Waals surface area contributed by atoms with Crippen molar-refractivity contribution in [2.75, 3.05) is 6.61 Å². The zero-order valence-corrected chi connectivity index (χ0v) is 23.7. The van der Waals surface area contributed by atoms with Gasteiger partial charge in [-0.25, -0.2) is 15.0 Å². The van der Waals surface area contributed by atoms with E-state index in [0.717, 1.165) is 28.8 Å². The second-order valence-electron chi connectivity index (χ2n) is 11.4. The Morgan fingerprint density at radius 3 is 2.40 bits per heavy atom. The van der Waals surface area contributed by atoms with Crippen molar-refractivity contribution < 1.29 is 13.6 Å². The first-order valence-corrected chi connectivity index (χ1v) is 14.7. The molecule has 1 aromatic carbocycles. The third-order valence-corrected chi connectivity index (χ3v) is 12.6. The lowest BCUT2D eigenvalue weighted by Crippen LogP contribution is -2.64. The third-order valence-electron chi connectivity index (χ3n) is 6.91. The Bertz CT molecular complexity index is 1240. The van der Waals surface area contributed by atoms with E-state index in [1.54, 1.807) is 6.33 Å². The maximum Gasteiger partial charge on any atom is 0.349 e. The molecule has 186 valence electrons. The molecule has 7 nitrogen and oxygen atoms in total. The molecule has 9 heteroatoms. The van der Waals surface area contributed by atoms with Crippen LogP contribution in [0.15, 0.2) is 41.4 Å². The van der Waals surface area contributed by atoms with Crippen molar-refractivity contribution in [1.82, 2.24) is 19.5 Å². The van der Waals surface area contributed by atoms with Crippen molar-refractivity contribution in [1.29, 1.82) is 0 Å². The van der Waals surface area contributed by atoms with Gasteiger partial charge >= 0.3 is 8.56 Å². The van der Waals surface area contributed by atoms with Gasteiger partial charge in [0.1, 0.15) is 24.2 Å². The number of hydrogen-bond donors (Lipinski definition) is 0. The summed E-state index contributed by atoms with van der Waals surface area (Å²) >= 11 is 3.65. The maximum absolute atomic E-state index is 6.92. The number of fused-ring (bicyclic) bond motifs is 2. The minimum atomic E-state index is -2.56. The molecule has 4 heterocycles. The van der Waals surface area contributed by atoms with E-state index in [1.165, 1.54) is 0 Å². The lowest BCUT2D eigenvalue weighted by atomic mass is 10.2. The molecule has 0 aliphatic carbocycles. The lowest BCUT2D eigenvalue weighted by Gasteiger charge is -2.53. The van der Waals surface area contributed by atoms with Gasteiger partial charge in [0.15, 0.2) is 10.4 Å². The van der Waals surface area contributed by atoms with Gasteiger partial charge in [-0.1, -0.05) is 78.0 Å². The topological polar surface area (TPSA) is 71.3 Å². The van der Waals surface area contributed by atoms with Gasteiger partial charge in [-0.3, -0.25) is 4.57 Å². The lowest BCUT2D eigenvalue weighted by molar-refractivity contribution is -0.0797. The first kappa shape index (κ1) is 24.8. The van der Waals surface area contributed by atoms with E-state index in [9.17, 15) is 0 Å². The fraction of sp³-hybridized carbons (Fsp3) is 0.500. The van der Waals surface area contributed by atoms with E-state index < -0.39 is 8.56 Å². The molecule has 3 aromatic rings. The number of ether oxygens (including phenoxy) is 1. The molecule has 3 atom stereocenters. The largest absolute Gasteiger partial charge is 0.391 e. The number of imidazole rings is 1. The van der Waals surface area contributed by atoms with E-state index in [2.05, 4.69) is 79.6 Å². The molecule has 2 aromatic heterocycles. The summed E-state index contributed by atoms with van der Waals surface area (Å²) in [6.45, 7) is 14.0. The molecule has 5 rings (SSSR count). The number of halogens is 1. The standard InChI is InChI=1S/C26H33BrN4O3Si/c1-25(2,3)35(26(4,5)6)32-15-20-19(34-35)14-21(33-20)31-23-22(30-24(31)27)18(28-16-29-23)13-12-17-10-8-7-9-11-17/h7-13,16,19-21H,14-15H2,1-6H3/t19-,20+,21+/m0/s1. The van der Waals surface area contributed by atoms with E-state index in [1.807, 2.05) is 34.9 Å². The Hall–Kier alpha value is -1.91. The van der Waals surface area contributed by atoms with Crippen LogP contribution in [0, 0.1) is 0 Å². The minimum absolute atomic E-state index is 0.0255. The Labute approximate surface area is 216 Å². The molecule has 2 aliphatic heterocycles. The molecule has 0 unspecified atom stereocenters. The molecule has 0 spiro atoms. The van der Waals surface area contributed by atoms with Gasteiger partial charge in [-0.05, 0) is 27.6 Å². The van der Waals surface area contributed by atoms with Crippen molar-refractivity contribution in [2.45, 2.75) is 76.5 Å². The van der Waals surface area contributed by atoms with Gasteiger partial charge in [-0.2, -0.15) is 0 Å². The molecule has 0 bridgehead atoms. The molecule has 0 radical (unpaired) electrons. The highest BCUT2D eigenvalue weighted by atomic mass is 79.9. The number of nitrogens with zero attached hydrogens (tertiary/aromatic N) is 4. The quantitative estimate of drug-likeness (QED) is 0.270. The van der Waals surface area contributed by atoms with E-state index >= 15 is 0 Å². The average molecular weight is 558 g/mol. The number of hydrogen-bond acceptors (Lipinski definition) is 6. The zero-order valence-electron chi connectivity index (χ0n) is 21.2. The van der Waals surface area contributed by atoms with Crippen molar-refractivity contribution in [3.8, 4) is 0 Å². The van der Waals surface area contributed by atoms with E-state index in [0.29, 0.717) is 11.3 Å². The number of rotatable bonds is 3. The summed E-state index contributed by atoms with van der Waals surface area (Å²) < 4.78 is 22.7. The Morgan fingerprint density at radius 1 is 1.00 bits per heavy atom. The molecule has 0 amide bonds. The van der Waals surface area contributed by atoms with Crippen LogP contribution in [0.3, 0.4) is 0 Å². The maximum atomic E-state index is 6.92. The molecule has 2 aliphatic rings. The van der Waals surface area contributed by atoms with Crippen LogP contribution >= 0.6 is 15.9 Å². The van der Waals surface area contributed by atoms with Crippen LogP contribution < -0.4 is 0 Å². The van der Waals surface area contributed by atoms with Crippen LogP contribution in [0.2, 0.25) is 10.1 Å². The minimum Gasteiger partial charge on any atom is -0.391 e.